The first-order valence-electron chi connectivity index (χ1n) is 8.70. The number of alkyl halides is 3. The van der Waals surface area contributed by atoms with Crippen molar-refractivity contribution in [3.8, 4) is 0 Å². The fourth-order valence-corrected chi connectivity index (χ4v) is 1.90. The van der Waals surface area contributed by atoms with Crippen LogP contribution in [-0.2, 0) is 15.7 Å². The van der Waals surface area contributed by atoms with Gasteiger partial charge in [-0.15, -0.1) is 0 Å². The van der Waals surface area contributed by atoms with Crippen LogP contribution < -0.4 is 16.0 Å². The summed E-state index contributed by atoms with van der Waals surface area (Å²) < 4.78 is 48.1. The first-order chi connectivity index (χ1) is 13.0. The highest BCUT2D eigenvalue weighted by molar-refractivity contribution is 5.79. The largest absolute Gasteiger partial charge is 0.433 e. The monoisotopic (exact) mass is 392 g/mol. The average molecular weight is 392 g/mol. The quantitative estimate of drug-likeness (QED) is 0.282. The molecule has 0 saturated carbocycles. The Labute approximate surface area is 157 Å². The Morgan fingerprint density at radius 2 is 2.00 bits per heavy atom. The number of ether oxygens (including phenoxy) is 2. The molecule has 0 saturated heterocycles. The van der Waals surface area contributed by atoms with E-state index in [1.165, 1.54) is 0 Å². The highest BCUT2D eigenvalue weighted by Crippen LogP contribution is 2.27. The van der Waals surface area contributed by atoms with Crippen molar-refractivity contribution in [2.24, 2.45) is 4.99 Å². The number of hydrogen-bond acceptors (Lipinski definition) is 6. The van der Waals surface area contributed by atoms with Crippen molar-refractivity contribution >= 4 is 11.9 Å². The average Bonchev–Trinajstić information content (AvgIpc) is 2.64. The molecule has 0 atom stereocenters. The molecule has 0 radical (unpaired) electrons. The van der Waals surface area contributed by atoms with Gasteiger partial charge in [-0.25, -0.2) is 9.97 Å². The van der Waals surface area contributed by atoms with Gasteiger partial charge in [-0.2, -0.15) is 13.2 Å². The summed E-state index contributed by atoms with van der Waals surface area (Å²) in [6, 6.07) is 0.832. The van der Waals surface area contributed by atoms with E-state index in [0.29, 0.717) is 52.0 Å². The Hall–Kier alpha value is -2.14. The van der Waals surface area contributed by atoms with Crippen LogP contribution in [-0.4, -0.2) is 69.0 Å². The van der Waals surface area contributed by atoms with E-state index in [-0.39, 0.29) is 5.95 Å². The molecule has 8 nitrogen and oxygen atoms in total. The van der Waals surface area contributed by atoms with Gasteiger partial charge in [-0.05, 0) is 19.4 Å². The van der Waals surface area contributed by atoms with Crippen LogP contribution in [0.4, 0.5) is 19.1 Å². The fourth-order valence-electron chi connectivity index (χ4n) is 1.90. The van der Waals surface area contributed by atoms with Gasteiger partial charge in [0, 0.05) is 46.1 Å². The minimum absolute atomic E-state index is 0.0678. The number of hydrogen-bond donors (Lipinski definition) is 3. The summed E-state index contributed by atoms with van der Waals surface area (Å²) in [5.74, 6) is 0.558. The Balaban J connectivity index is 2.31. The maximum Gasteiger partial charge on any atom is 0.433 e. The molecule has 1 rings (SSSR count). The van der Waals surface area contributed by atoms with Gasteiger partial charge in [0.15, 0.2) is 5.96 Å². The van der Waals surface area contributed by atoms with Gasteiger partial charge in [0.25, 0.3) is 0 Å². The molecule has 0 unspecified atom stereocenters. The molecule has 0 aliphatic carbocycles. The maximum atomic E-state index is 12.6. The summed E-state index contributed by atoms with van der Waals surface area (Å²) >= 11 is 0. The van der Waals surface area contributed by atoms with Crippen molar-refractivity contribution < 1.29 is 22.6 Å². The standard InChI is InChI=1S/C16H27F3N6O2/c1-3-20-14(21-6-4-10-27-12-11-26-2)23-8-9-24-15-22-7-5-13(25-15)16(17,18)19/h5,7H,3-4,6,8-12H2,1-2H3,(H2,20,21,23)(H,22,24,25). The van der Waals surface area contributed by atoms with Crippen LogP contribution in [0.15, 0.2) is 17.3 Å². The minimum atomic E-state index is -4.49. The molecular weight excluding hydrogens is 365 g/mol. The van der Waals surface area contributed by atoms with Crippen LogP contribution in [0.2, 0.25) is 0 Å². The van der Waals surface area contributed by atoms with Gasteiger partial charge in [0.1, 0.15) is 5.69 Å². The molecule has 1 heterocycles. The zero-order chi connectivity index (χ0) is 20.0. The predicted octanol–water partition coefficient (Wildman–Crippen LogP) is 1.52. The molecule has 3 N–H and O–H groups in total. The highest BCUT2D eigenvalue weighted by atomic mass is 19.4. The molecule has 0 spiro atoms. The summed E-state index contributed by atoms with van der Waals surface area (Å²) in [5.41, 5.74) is -0.976. The van der Waals surface area contributed by atoms with E-state index in [1.54, 1.807) is 7.11 Å². The molecule has 0 fully saturated rings. The third-order valence-corrected chi connectivity index (χ3v) is 3.14. The summed E-state index contributed by atoms with van der Waals surface area (Å²) in [4.78, 5) is 11.6. The Morgan fingerprint density at radius 3 is 2.70 bits per heavy atom. The van der Waals surface area contributed by atoms with Gasteiger partial charge in [-0.3, -0.25) is 4.99 Å². The van der Waals surface area contributed by atoms with Crippen molar-refractivity contribution in [3.63, 3.8) is 0 Å². The number of halogens is 3. The van der Waals surface area contributed by atoms with Gasteiger partial charge in [0.05, 0.1) is 13.2 Å². The summed E-state index contributed by atoms with van der Waals surface area (Å²) in [6.07, 6.45) is -2.64. The van der Waals surface area contributed by atoms with E-state index >= 15 is 0 Å². The lowest BCUT2D eigenvalue weighted by Gasteiger charge is -2.12. The number of rotatable bonds is 12. The van der Waals surface area contributed by atoms with Gasteiger partial charge in [0.2, 0.25) is 5.95 Å². The molecule has 0 aromatic carbocycles. The van der Waals surface area contributed by atoms with Crippen molar-refractivity contribution in [1.29, 1.82) is 0 Å². The van der Waals surface area contributed by atoms with E-state index in [9.17, 15) is 13.2 Å². The highest BCUT2D eigenvalue weighted by Gasteiger charge is 2.32. The smallest absolute Gasteiger partial charge is 0.382 e. The van der Waals surface area contributed by atoms with Gasteiger partial charge in [-0.1, -0.05) is 0 Å². The van der Waals surface area contributed by atoms with Crippen molar-refractivity contribution in [3.05, 3.63) is 18.0 Å². The first kappa shape index (κ1) is 22.9. The van der Waals surface area contributed by atoms with Crippen LogP contribution in [0.3, 0.4) is 0 Å². The molecule has 27 heavy (non-hydrogen) atoms. The summed E-state index contributed by atoms with van der Waals surface area (Å²) in [5, 5.41) is 8.93. The number of guanidine groups is 1. The van der Waals surface area contributed by atoms with Gasteiger partial charge < -0.3 is 25.4 Å². The first-order valence-corrected chi connectivity index (χ1v) is 8.70. The fraction of sp³-hybridized carbons (Fsp3) is 0.688. The lowest BCUT2D eigenvalue weighted by Crippen LogP contribution is -2.39. The van der Waals surface area contributed by atoms with Gasteiger partial charge >= 0.3 is 6.18 Å². The molecule has 1 aromatic heterocycles. The van der Waals surface area contributed by atoms with Crippen LogP contribution in [0, 0.1) is 0 Å². The van der Waals surface area contributed by atoms with E-state index in [2.05, 4.69) is 30.9 Å². The van der Waals surface area contributed by atoms with Crippen LogP contribution in [0.5, 0.6) is 0 Å². The molecule has 154 valence electrons. The number of methoxy groups -OCH3 is 1. The van der Waals surface area contributed by atoms with Crippen LogP contribution >= 0.6 is 0 Å². The zero-order valence-corrected chi connectivity index (χ0v) is 15.6. The minimum Gasteiger partial charge on any atom is -0.382 e. The van der Waals surface area contributed by atoms with E-state index in [0.717, 1.165) is 18.7 Å². The molecule has 0 bridgehead atoms. The summed E-state index contributed by atoms with van der Waals surface area (Å²) in [7, 11) is 1.62. The number of aliphatic imine (C=N–C) groups is 1. The molecular formula is C16H27F3N6O2. The molecule has 11 heteroatoms. The molecule has 0 aliphatic heterocycles. The number of nitrogens with zero attached hydrogens (tertiary/aromatic N) is 3. The summed E-state index contributed by atoms with van der Waals surface area (Å²) in [6.45, 7) is 5.73. The van der Waals surface area contributed by atoms with E-state index < -0.39 is 11.9 Å². The number of aromatic nitrogens is 2. The SMILES string of the molecule is CCNC(=NCCCOCCOC)NCCNc1nccc(C(F)(F)F)n1. The zero-order valence-electron chi connectivity index (χ0n) is 15.6. The maximum absolute atomic E-state index is 12.6. The van der Waals surface area contributed by atoms with Crippen LogP contribution in [0.1, 0.15) is 19.0 Å². The lowest BCUT2D eigenvalue weighted by atomic mass is 10.4. The van der Waals surface area contributed by atoms with Crippen molar-refractivity contribution in [2.75, 3.05) is 58.4 Å². The molecule has 0 amide bonds. The van der Waals surface area contributed by atoms with Crippen LogP contribution in [0.25, 0.3) is 0 Å². The Bertz CT molecular complexity index is 557. The Morgan fingerprint density at radius 1 is 1.19 bits per heavy atom. The Kier molecular flexibility index (Phi) is 11.1. The molecule has 1 aromatic rings. The van der Waals surface area contributed by atoms with Crippen molar-refractivity contribution in [2.45, 2.75) is 19.5 Å². The normalized spacial score (nSPS) is 12.1. The second-order valence-electron chi connectivity index (χ2n) is 5.34. The number of nitrogens with one attached hydrogen (secondary N) is 3. The second kappa shape index (κ2) is 13.1. The third kappa shape index (κ3) is 10.6. The second-order valence-corrected chi connectivity index (χ2v) is 5.34. The van der Waals surface area contributed by atoms with E-state index in [1.807, 2.05) is 6.92 Å². The third-order valence-electron chi connectivity index (χ3n) is 3.14. The topological polar surface area (TPSA) is 92.7 Å². The van der Waals surface area contributed by atoms with E-state index in [4.69, 9.17) is 9.47 Å². The predicted molar refractivity (Wildman–Crippen MR) is 96.8 cm³/mol. The number of anilines is 1. The van der Waals surface area contributed by atoms with Crippen molar-refractivity contribution in [1.82, 2.24) is 20.6 Å². The lowest BCUT2D eigenvalue weighted by molar-refractivity contribution is -0.141. The molecule has 0 aliphatic rings.